The van der Waals surface area contributed by atoms with E-state index in [0.717, 1.165) is 25.3 Å². The Bertz CT molecular complexity index is 421. The molecule has 2 fully saturated rings. The van der Waals surface area contributed by atoms with Crippen LogP contribution in [0.25, 0.3) is 0 Å². The first-order valence-electron chi connectivity index (χ1n) is 9.60. The first kappa shape index (κ1) is 19.5. The lowest BCUT2D eigenvalue weighted by Gasteiger charge is -2.41. The van der Waals surface area contributed by atoms with E-state index in [4.69, 9.17) is 4.74 Å². The molecule has 5 nitrogen and oxygen atoms in total. The van der Waals surface area contributed by atoms with Gasteiger partial charge in [-0.3, -0.25) is 0 Å². The third-order valence-corrected chi connectivity index (χ3v) is 5.37. The third kappa shape index (κ3) is 5.62. The molecule has 0 saturated carbocycles. The first-order valence-corrected chi connectivity index (χ1v) is 9.60. The number of nitrogens with one attached hydrogen (secondary N) is 1. The predicted molar refractivity (Wildman–Crippen MR) is 98.2 cm³/mol. The van der Waals surface area contributed by atoms with Crippen LogP contribution >= 0.6 is 0 Å². The highest BCUT2D eigenvalue weighted by Crippen LogP contribution is 2.23. The van der Waals surface area contributed by atoms with Gasteiger partial charge in [0.2, 0.25) is 0 Å². The Kier molecular flexibility index (Phi) is 6.54. The highest BCUT2D eigenvalue weighted by Gasteiger charge is 2.33. The van der Waals surface area contributed by atoms with Gasteiger partial charge in [-0.2, -0.15) is 0 Å². The lowest BCUT2D eigenvalue weighted by Crippen LogP contribution is -2.54. The Morgan fingerprint density at radius 2 is 1.96 bits per heavy atom. The number of amides is 1. The molecule has 2 rings (SSSR count). The highest BCUT2D eigenvalue weighted by atomic mass is 16.6. The van der Waals surface area contributed by atoms with Crippen LogP contribution in [0.2, 0.25) is 0 Å². The second-order valence-corrected chi connectivity index (χ2v) is 8.86. The van der Waals surface area contributed by atoms with Gasteiger partial charge in [-0.25, -0.2) is 4.79 Å². The maximum Gasteiger partial charge on any atom is 0.410 e. The summed E-state index contributed by atoms with van der Waals surface area (Å²) in [6.07, 6.45) is 4.48. The third-order valence-electron chi connectivity index (χ3n) is 5.37. The highest BCUT2D eigenvalue weighted by molar-refractivity contribution is 5.68. The molecule has 24 heavy (non-hydrogen) atoms. The van der Waals surface area contributed by atoms with Crippen molar-refractivity contribution in [2.75, 3.05) is 26.7 Å². The van der Waals surface area contributed by atoms with Crippen molar-refractivity contribution in [3.63, 3.8) is 0 Å². The van der Waals surface area contributed by atoms with E-state index in [1.807, 2.05) is 25.7 Å². The zero-order valence-electron chi connectivity index (χ0n) is 16.5. The summed E-state index contributed by atoms with van der Waals surface area (Å²) < 4.78 is 5.53. The maximum atomic E-state index is 12.3. The molecule has 4 atom stereocenters. The van der Waals surface area contributed by atoms with Gasteiger partial charge in [0.15, 0.2) is 0 Å². The van der Waals surface area contributed by atoms with Crippen LogP contribution in [0.3, 0.4) is 0 Å². The number of hydrogen-bond donors (Lipinski definition) is 1. The molecular formula is C19H37N3O2. The molecule has 2 aliphatic heterocycles. The second-order valence-electron chi connectivity index (χ2n) is 8.86. The molecule has 0 radical (unpaired) electrons. The summed E-state index contributed by atoms with van der Waals surface area (Å²) in [5, 5.41) is 3.84. The van der Waals surface area contributed by atoms with Crippen molar-refractivity contribution in [3.05, 3.63) is 0 Å². The number of ether oxygens (including phenoxy) is 1. The molecule has 0 bridgehead atoms. The van der Waals surface area contributed by atoms with E-state index in [9.17, 15) is 4.79 Å². The van der Waals surface area contributed by atoms with Crippen molar-refractivity contribution in [1.29, 1.82) is 0 Å². The van der Waals surface area contributed by atoms with E-state index >= 15 is 0 Å². The van der Waals surface area contributed by atoms with Gasteiger partial charge in [0.25, 0.3) is 0 Å². The van der Waals surface area contributed by atoms with Crippen molar-refractivity contribution in [3.8, 4) is 0 Å². The largest absolute Gasteiger partial charge is 0.444 e. The minimum atomic E-state index is -0.423. The summed E-state index contributed by atoms with van der Waals surface area (Å²) in [4.78, 5) is 16.7. The lowest BCUT2D eigenvalue weighted by atomic mass is 9.90. The number of rotatable bonds is 3. The van der Waals surface area contributed by atoms with E-state index in [1.165, 1.54) is 25.9 Å². The van der Waals surface area contributed by atoms with Crippen LogP contribution in [0, 0.1) is 5.92 Å². The number of piperidine rings is 2. The van der Waals surface area contributed by atoms with E-state index in [1.54, 1.807) is 0 Å². The summed E-state index contributed by atoms with van der Waals surface area (Å²) in [5.74, 6) is 0.739. The zero-order valence-corrected chi connectivity index (χ0v) is 16.5. The minimum absolute atomic E-state index is 0.171. The Balaban J connectivity index is 1.81. The van der Waals surface area contributed by atoms with Crippen molar-refractivity contribution in [2.24, 2.45) is 5.92 Å². The fourth-order valence-corrected chi connectivity index (χ4v) is 4.04. The van der Waals surface area contributed by atoms with Crippen molar-refractivity contribution in [2.45, 2.75) is 84.0 Å². The molecule has 0 aromatic rings. The Morgan fingerprint density at radius 3 is 2.54 bits per heavy atom. The Hall–Kier alpha value is -0.810. The summed E-state index contributed by atoms with van der Waals surface area (Å²) in [6.45, 7) is 13.4. The van der Waals surface area contributed by atoms with Crippen molar-refractivity contribution in [1.82, 2.24) is 15.1 Å². The van der Waals surface area contributed by atoms with E-state index in [-0.39, 0.29) is 12.1 Å². The van der Waals surface area contributed by atoms with Crippen LogP contribution in [-0.2, 0) is 4.74 Å². The van der Waals surface area contributed by atoms with Crippen LogP contribution in [0.1, 0.15) is 60.3 Å². The van der Waals surface area contributed by atoms with Gasteiger partial charge < -0.3 is 19.9 Å². The minimum Gasteiger partial charge on any atom is -0.444 e. The zero-order chi connectivity index (χ0) is 17.9. The molecule has 1 N–H and O–H groups in total. The average molecular weight is 340 g/mol. The smallest absolute Gasteiger partial charge is 0.410 e. The molecule has 0 aliphatic carbocycles. The Morgan fingerprint density at radius 1 is 1.25 bits per heavy atom. The standard InChI is InChI=1S/C19H37N3O2/c1-14-12-17(9-11-22(14)18(23)24-19(3,4)5)20-15(2)16-8-7-10-21(6)13-16/h14-17,20H,7-13H2,1-6H3. The number of likely N-dealkylation sites (tertiary alicyclic amines) is 2. The van der Waals surface area contributed by atoms with Crippen molar-refractivity contribution < 1.29 is 9.53 Å². The van der Waals surface area contributed by atoms with Gasteiger partial charge in [-0.15, -0.1) is 0 Å². The molecule has 2 heterocycles. The molecule has 140 valence electrons. The summed E-state index contributed by atoms with van der Waals surface area (Å²) in [6, 6.07) is 1.27. The summed E-state index contributed by atoms with van der Waals surface area (Å²) in [5.41, 5.74) is -0.423. The average Bonchev–Trinajstić information content (AvgIpc) is 2.45. The number of carbonyl (C=O) groups is 1. The predicted octanol–water partition coefficient (Wildman–Crippen LogP) is 3.09. The molecule has 2 saturated heterocycles. The molecule has 0 spiro atoms. The molecule has 5 heteroatoms. The topological polar surface area (TPSA) is 44.8 Å². The van der Waals surface area contributed by atoms with Crippen LogP contribution in [0.15, 0.2) is 0 Å². The van der Waals surface area contributed by atoms with Gasteiger partial charge in [0.1, 0.15) is 5.60 Å². The maximum absolute atomic E-state index is 12.3. The molecule has 0 aromatic carbocycles. The molecule has 0 aromatic heterocycles. The fourth-order valence-electron chi connectivity index (χ4n) is 4.04. The number of nitrogens with zero attached hydrogens (tertiary/aromatic N) is 2. The fraction of sp³-hybridized carbons (Fsp3) is 0.947. The van der Waals surface area contributed by atoms with Crippen LogP contribution in [0.4, 0.5) is 4.79 Å². The number of carbonyl (C=O) groups excluding carboxylic acids is 1. The van der Waals surface area contributed by atoms with Crippen LogP contribution < -0.4 is 5.32 Å². The number of hydrogen-bond acceptors (Lipinski definition) is 4. The molecule has 4 unspecified atom stereocenters. The second kappa shape index (κ2) is 8.05. The molecule has 2 aliphatic rings. The van der Waals surface area contributed by atoms with E-state index in [0.29, 0.717) is 12.1 Å². The van der Waals surface area contributed by atoms with E-state index in [2.05, 4.69) is 31.1 Å². The van der Waals surface area contributed by atoms with Crippen LogP contribution in [-0.4, -0.2) is 66.3 Å². The SMILES string of the molecule is CC(NC1CCN(C(=O)OC(C)(C)C)C(C)C1)C1CCCN(C)C1. The summed E-state index contributed by atoms with van der Waals surface area (Å²) >= 11 is 0. The first-order chi connectivity index (χ1) is 11.2. The molecule has 1 amide bonds. The van der Waals surface area contributed by atoms with Gasteiger partial charge in [-0.1, -0.05) is 0 Å². The quantitative estimate of drug-likeness (QED) is 0.858. The van der Waals surface area contributed by atoms with Gasteiger partial charge in [-0.05, 0) is 79.8 Å². The normalized spacial score (nSPS) is 30.9. The van der Waals surface area contributed by atoms with Crippen LogP contribution in [0.5, 0.6) is 0 Å². The van der Waals surface area contributed by atoms with E-state index < -0.39 is 5.60 Å². The lowest BCUT2D eigenvalue weighted by molar-refractivity contribution is 0.00854. The van der Waals surface area contributed by atoms with Gasteiger partial charge in [0.05, 0.1) is 0 Å². The molecular weight excluding hydrogens is 302 g/mol. The van der Waals surface area contributed by atoms with Gasteiger partial charge in [0, 0.05) is 31.2 Å². The van der Waals surface area contributed by atoms with Crippen molar-refractivity contribution >= 4 is 6.09 Å². The monoisotopic (exact) mass is 339 g/mol. The summed E-state index contributed by atoms with van der Waals surface area (Å²) in [7, 11) is 2.22. The Labute approximate surface area is 148 Å². The van der Waals surface area contributed by atoms with Gasteiger partial charge >= 0.3 is 6.09 Å².